The number of esters is 1. The van der Waals surface area contributed by atoms with Crippen LogP contribution in [0.25, 0.3) is 11.1 Å². The summed E-state index contributed by atoms with van der Waals surface area (Å²) in [6.45, 7) is 5.12. The zero-order valence-electron chi connectivity index (χ0n) is 20.3. The molecule has 1 saturated heterocycles. The average molecular weight is 494 g/mol. The van der Waals surface area contributed by atoms with Crippen LogP contribution in [0.5, 0.6) is 0 Å². The number of allylic oxidation sites excluding steroid dienone is 1. The molecule has 9 heteroatoms. The molecule has 8 nitrogen and oxygen atoms in total. The number of anilines is 1. The number of hydrogen-bond donors (Lipinski definition) is 3. The SMILES string of the molecule is COC(=O)C1CN(C(=O)c2ccc(C3=C/C(=C4/c5ccc(F)cc5NC4O)OC3(C)C)cc2)CCN1. The zero-order chi connectivity index (χ0) is 25.6. The quantitative estimate of drug-likeness (QED) is 0.566. The zero-order valence-corrected chi connectivity index (χ0v) is 20.3. The minimum atomic E-state index is -1.02. The molecule has 0 radical (unpaired) electrons. The lowest BCUT2D eigenvalue weighted by Crippen LogP contribution is -2.56. The predicted octanol–water partition coefficient (Wildman–Crippen LogP) is 2.76. The summed E-state index contributed by atoms with van der Waals surface area (Å²) in [6, 6.07) is 11.0. The number of nitrogens with zero attached hydrogens (tertiary/aromatic N) is 1. The molecule has 1 amide bonds. The molecule has 2 aromatic rings. The van der Waals surface area contributed by atoms with Gasteiger partial charge < -0.3 is 30.1 Å². The van der Waals surface area contributed by atoms with Crippen molar-refractivity contribution in [2.75, 3.05) is 32.1 Å². The Morgan fingerprint density at radius 2 is 1.94 bits per heavy atom. The molecule has 3 heterocycles. The average Bonchev–Trinajstić information content (AvgIpc) is 3.36. The molecule has 1 fully saturated rings. The molecule has 2 aromatic carbocycles. The number of aliphatic hydroxyl groups excluding tert-OH is 1. The highest BCUT2D eigenvalue weighted by Gasteiger charge is 2.38. The van der Waals surface area contributed by atoms with Gasteiger partial charge in [0.25, 0.3) is 5.91 Å². The molecule has 0 bridgehead atoms. The Labute approximate surface area is 208 Å². The summed E-state index contributed by atoms with van der Waals surface area (Å²) < 4.78 is 24.7. The molecule has 188 valence electrons. The van der Waals surface area contributed by atoms with E-state index < -0.39 is 23.8 Å². The van der Waals surface area contributed by atoms with Gasteiger partial charge in [-0.15, -0.1) is 0 Å². The van der Waals surface area contributed by atoms with Crippen LogP contribution in [0, 0.1) is 5.82 Å². The van der Waals surface area contributed by atoms with Crippen LogP contribution in [-0.2, 0) is 14.3 Å². The van der Waals surface area contributed by atoms with Crippen molar-refractivity contribution in [3.8, 4) is 0 Å². The van der Waals surface area contributed by atoms with Crippen molar-refractivity contribution in [1.29, 1.82) is 0 Å². The van der Waals surface area contributed by atoms with Crippen molar-refractivity contribution in [3.05, 3.63) is 76.8 Å². The van der Waals surface area contributed by atoms with Crippen LogP contribution >= 0.6 is 0 Å². The van der Waals surface area contributed by atoms with Gasteiger partial charge in [0.15, 0.2) is 6.23 Å². The second-order valence-electron chi connectivity index (χ2n) is 9.54. The molecule has 36 heavy (non-hydrogen) atoms. The van der Waals surface area contributed by atoms with E-state index in [1.165, 1.54) is 19.2 Å². The maximum Gasteiger partial charge on any atom is 0.324 e. The molecule has 0 aliphatic carbocycles. The highest BCUT2D eigenvalue weighted by atomic mass is 19.1. The standard InChI is InChI=1S/C27H28FN3O5/c1-27(2)19(13-22(36-27)23-18-9-8-17(28)12-20(18)30-24(23)32)15-4-6-16(7-5-15)25(33)31-11-10-29-21(14-31)26(34)35-3/h4-9,12-13,21,24,29-30,32H,10-11,14H2,1-3H3/b23-22+. The Morgan fingerprint density at radius 3 is 2.67 bits per heavy atom. The number of fused-ring (bicyclic) bond motifs is 1. The fourth-order valence-electron chi connectivity index (χ4n) is 4.94. The number of carbonyl (C=O) groups excluding carboxylic acids is 2. The number of methoxy groups -OCH3 is 1. The Kier molecular flexibility index (Phi) is 6.05. The number of amides is 1. The fourth-order valence-corrected chi connectivity index (χ4v) is 4.94. The van der Waals surface area contributed by atoms with Gasteiger partial charge in [0, 0.05) is 42.0 Å². The summed E-state index contributed by atoms with van der Waals surface area (Å²) in [5, 5.41) is 16.6. The van der Waals surface area contributed by atoms with Crippen LogP contribution in [0.15, 0.2) is 54.3 Å². The maximum atomic E-state index is 13.6. The molecular weight excluding hydrogens is 465 g/mol. The summed E-state index contributed by atoms with van der Waals surface area (Å²) in [7, 11) is 1.33. The van der Waals surface area contributed by atoms with Crippen LogP contribution < -0.4 is 10.6 Å². The highest BCUT2D eigenvalue weighted by molar-refractivity contribution is 5.95. The molecule has 2 atom stereocenters. The minimum absolute atomic E-state index is 0.153. The summed E-state index contributed by atoms with van der Waals surface area (Å²) in [5.41, 5.74) is 3.35. The van der Waals surface area contributed by atoms with Gasteiger partial charge >= 0.3 is 5.97 Å². The number of aliphatic hydroxyl groups is 1. The third kappa shape index (κ3) is 4.25. The van der Waals surface area contributed by atoms with Gasteiger partial charge in [0.2, 0.25) is 0 Å². The third-order valence-corrected chi connectivity index (χ3v) is 6.78. The molecule has 3 aliphatic rings. The summed E-state index contributed by atoms with van der Waals surface area (Å²) in [6.07, 6.45) is 0.864. The maximum absolute atomic E-state index is 13.6. The fraction of sp³-hybridized carbons (Fsp3) is 0.333. The molecule has 0 saturated carbocycles. The van der Waals surface area contributed by atoms with E-state index in [9.17, 15) is 19.1 Å². The van der Waals surface area contributed by atoms with Gasteiger partial charge in [0.1, 0.15) is 23.2 Å². The summed E-state index contributed by atoms with van der Waals surface area (Å²) in [4.78, 5) is 26.6. The van der Waals surface area contributed by atoms with E-state index in [2.05, 4.69) is 10.6 Å². The number of hydrogen-bond acceptors (Lipinski definition) is 7. The van der Waals surface area contributed by atoms with Gasteiger partial charge in [-0.05, 0) is 55.8 Å². The number of rotatable bonds is 3. The topological polar surface area (TPSA) is 100 Å². The predicted molar refractivity (Wildman–Crippen MR) is 132 cm³/mol. The molecule has 3 aliphatic heterocycles. The first-order valence-electron chi connectivity index (χ1n) is 11.8. The molecule has 3 N–H and O–H groups in total. The van der Waals surface area contributed by atoms with Gasteiger partial charge in [-0.3, -0.25) is 9.59 Å². The monoisotopic (exact) mass is 493 g/mol. The van der Waals surface area contributed by atoms with Gasteiger partial charge in [-0.1, -0.05) is 12.1 Å². The smallest absolute Gasteiger partial charge is 0.324 e. The van der Waals surface area contributed by atoms with E-state index >= 15 is 0 Å². The van der Waals surface area contributed by atoms with Crippen molar-refractivity contribution in [1.82, 2.24) is 10.2 Å². The van der Waals surface area contributed by atoms with Crippen LogP contribution in [0.2, 0.25) is 0 Å². The number of benzene rings is 2. The molecular formula is C27H28FN3O5. The van der Waals surface area contributed by atoms with Crippen molar-refractivity contribution in [2.45, 2.75) is 31.7 Å². The first-order chi connectivity index (χ1) is 17.2. The molecule has 0 spiro atoms. The number of ether oxygens (including phenoxy) is 2. The van der Waals surface area contributed by atoms with Crippen molar-refractivity contribution >= 4 is 28.7 Å². The number of carbonyl (C=O) groups is 2. The molecule has 2 unspecified atom stereocenters. The minimum Gasteiger partial charge on any atom is -0.483 e. The normalized spacial score (nSPS) is 24.5. The van der Waals surface area contributed by atoms with Crippen molar-refractivity contribution in [2.24, 2.45) is 0 Å². The molecule has 5 rings (SSSR count). The van der Waals surface area contributed by atoms with E-state index in [0.29, 0.717) is 41.2 Å². The first kappa shape index (κ1) is 24.0. The molecule has 0 aromatic heterocycles. The first-order valence-corrected chi connectivity index (χ1v) is 11.8. The lowest BCUT2D eigenvalue weighted by molar-refractivity contribution is -0.144. The van der Waals surface area contributed by atoms with E-state index in [0.717, 1.165) is 11.1 Å². The number of nitrogens with one attached hydrogen (secondary N) is 2. The number of halogens is 1. The van der Waals surface area contributed by atoms with Crippen molar-refractivity contribution < 1.29 is 28.6 Å². The lowest BCUT2D eigenvalue weighted by atomic mass is 9.91. The van der Waals surface area contributed by atoms with E-state index in [1.54, 1.807) is 23.1 Å². The van der Waals surface area contributed by atoms with Crippen LogP contribution in [0.3, 0.4) is 0 Å². The lowest BCUT2D eigenvalue weighted by Gasteiger charge is -2.32. The van der Waals surface area contributed by atoms with Gasteiger partial charge in [-0.25, -0.2) is 4.39 Å². The van der Waals surface area contributed by atoms with Crippen LogP contribution in [-0.4, -0.2) is 66.5 Å². The Hall–Kier alpha value is -3.69. The van der Waals surface area contributed by atoms with Crippen molar-refractivity contribution in [3.63, 3.8) is 0 Å². The largest absolute Gasteiger partial charge is 0.483 e. The summed E-state index contributed by atoms with van der Waals surface area (Å²) >= 11 is 0. The number of piperazine rings is 1. The Morgan fingerprint density at radius 1 is 1.19 bits per heavy atom. The van der Waals surface area contributed by atoms with Crippen LogP contribution in [0.1, 0.15) is 35.3 Å². The van der Waals surface area contributed by atoms with Gasteiger partial charge in [0.05, 0.1) is 12.7 Å². The van der Waals surface area contributed by atoms with E-state index in [-0.39, 0.29) is 18.3 Å². The van der Waals surface area contributed by atoms with E-state index in [1.807, 2.05) is 32.1 Å². The highest BCUT2D eigenvalue weighted by Crippen LogP contribution is 2.45. The second-order valence-corrected chi connectivity index (χ2v) is 9.54. The Bertz CT molecular complexity index is 1280. The second kappa shape index (κ2) is 9.07. The van der Waals surface area contributed by atoms with Gasteiger partial charge in [-0.2, -0.15) is 0 Å². The van der Waals surface area contributed by atoms with Crippen LogP contribution in [0.4, 0.5) is 10.1 Å². The third-order valence-electron chi connectivity index (χ3n) is 6.78. The van der Waals surface area contributed by atoms with E-state index in [4.69, 9.17) is 9.47 Å². The summed E-state index contributed by atoms with van der Waals surface area (Å²) in [5.74, 6) is -0.423. The Balaban J connectivity index is 1.40.